The molecule has 0 aliphatic heterocycles. The smallest absolute Gasteiger partial charge is 0.0506 e. The van der Waals surface area contributed by atoms with Crippen molar-refractivity contribution in [2.24, 2.45) is 0 Å². The van der Waals surface area contributed by atoms with Crippen molar-refractivity contribution in [2.45, 2.75) is 12.8 Å². The third-order valence-corrected chi connectivity index (χ3v) is 3.54. The minimum atomic E-state index is 0.210. The molecule has 1 aromatic carbocycles. The van der Waals surface area contributed by atoms with E-state index in [1.807, 2.05) is 0 Å². The summed E-state index contributed by atoms with van der Waals surface area (Å²) < 4.78 is 6.78. The van der Waals surface area contributed by atoms with Crippen molar-refractivity contribution in [3.05, 3.63) is 35.2 Å². The first kappa shape index (κ1) is 11.6. The van der Waals surface area contributed by atoms with E-state index in [4.69, 9.17) is 9.84 Å². The molecule has 1 N–H and O–H groups in total. The van der Waals surface area contributed by atoms with Crippen LogP contribution in [0.4, 0.5) is 0 Å². The first-order chi connectivity index (χ1) is 7.92. The number of rotatable bonds is 6. The van der Waals surface area contributed by atoms with E-state index in [9.17, 15) is 0 Å². The van der Waals surface area contributed by atoms with Crippen LogP contribution in [0.5, 0.6) is 0 Å². The van der Waals surface area contributed by atoms with Crippen LogP contribution in [0.15, 0.2) is 29.6 Å². The zero-order valence-electron chi connectivity index (χ0n) is 9.19. The van der Waals surface area contributed by atoms with Gasteiger partial charge >= 0.3 is 0 Å². The maximum absolute atomic E-state index is 8.61. The third kappa shape index (κ3) is 2.82. The number of hydrogen-bond donors (Lipinski definition) is 1. The highest BCUT2D eigenvalue weighted by molar-refractivity contribution is 7.17. The predicted octanol–water partition coefficient (Wildman–Crippen LogP) is 2.84. The molecule has 2 aromatic rings. The van der Waals surface area contributed by atoms with Gasteiger partial charge in [0.1, 0.15) is 0 Å². The fraction of sp³-hybridized carbons (Fsp3) is 0.385. The molecule has 0 amide bonds. The van der Waals surface area contributed by atoms with E-state index in [1.54, 1.807) is 11.3 Å². The maximum atomic E-state index is 8.61. The lowest BCUT2D eigenvalue weighted by atomic mass is 10.1. The Kier molecular flexibility index (Phi) is 4.34. The van der Waals surface area contributed by atoms with E-state index in [0.717, 1.165) is 19.4 Å². The van der Waals surface area contributed by atoms with Crippen molar-refractivity contribution in [1.82, 2.24) is 0 Å². The summed E-state index contributed by atoms with van der Waals surface area (Å²) in [5.41, 5.74) is 1.37. The number of benzene rings is 1. The molecule has 2 rings (SSSR count). The molecule has 0 saturated carbocycles. The van der Waals surface area contributed by atoms with Crippen LogP contribution in [0.1, 0.15) is 12.0 Å². The second-order valence-electron chi connectivity index (χ2n) is 3.70. The second kappa shape index (κ2) is 5.99. The van der Waals surface area contributed by atoms with Gasteiger partial charge in [-0.3, -0.25) is 0 Å². The topological polar surface area (TPSA) is 29.5 Å². The van der Waals surface area contributed by atoms with Crippen LogP contribution in [-0.4, -0.2) is 24.9 Å². The van der Waals surface area contributed by atoms with Crippen LogP contribution in [0, 0.1) is 0 Å². The molecule has 2 nitrogen and oxygen atoms in total. The lowest BCUT2D eigenvalue weighted by molar-refractivity contribution is 0.119. The molecule has 86 valence electrons. The molecule has 1 aromatic heterocycles. The monoisotopic (exact) mass is 236 g/mol. The Hall–Kier alpha value is -0.900. The molecule has 0 saturated heterocycles. The summed E-state index contributed by atoms with van der Waals surface area (Å²) >= 11 is 1.79. The molecule has 0 aliphatic rings. The zero-order valence-corrected chi connectivity index (χ0v) is 10.0. The predicted molar refractivity (Wildman–Crippen MR) is 68.1 cm³/mol. The van der Waals surface area contributed by atoms with E-state index in [0.29, 0.717) is 6.61 Å². The lowest BCUT2D eigenvalue weighted by Crippen LogP contribution is -2.01. The highest BCUT2D eigenvalue weighted by Gasteiger charge is 2.02. The lowest BCUT2D eigenvalue weighted by Gasteiger charge is -2.02. The van der Waals surface area contributed by atoms with Crippen LogP contribution in [0.3, 0.4) is 0 Å². The number of ether oxygens (including phenoxy) is 1. The average Bonchev–Trinajstić information content (AvgIpc) is 2.73. The Balaban J connectivity index is 1.89. The molecule has 0 spiro atoms. The van der Waals surface area contributed by atoms with Gasteiger partial charge in [0.2, 0.25) is 0 Å². The molecular weight excluding hydrogens is 220 g/mol. The summed E-state index contributed by atoms with van der Waals surface area (Å²) in [5.74, 6) is 0. The first-order valence-corrected chi connectivity index (χ1v) is 6.43. The molecule has 0 aliphatic carbocycles. The standard InChI is InChI=1S/C13H16O2S/c14-7-3-8-15-9-6-11-10-16-13-5-2-1-4-12(11)13/h1-2,4-5,10,14H,3,6-9H2. The molecule has 0 radical (unpaired) electrons. The molecule has 1 heterocycles. The maximum Gasteiger partial charge on any atom is 0.0506 e. The summed E-state index contributed by atoms with van der Waals surface area (Å²) in [7, 11) is 0. The van der Waals surface area contributed by atoms with E-state index in [-0.39, 0.29) is 6.61 Å². The van der Waals surface area contributed by atoms with Crippen molar-refractivity contribution in [1.29, 1.82) is 0 Å². The van der Waals surface area contributed by atoms with Gasteiger partial charge in [0, 0.05) is 17.9 Å². The number of hydrogen-bond acceptors (Lipinski definition) is 3. The van der Waals surface area contributed by atoms with E-state index >= 15 is 0 Å². The third-order valence-electron chi connectivity index (χ3n) is 2.52. The molecule has 3 heteroatoms. The Morgan fingerprint density at radius 2 is 2.06 bits per heavy atom. The SMILES string of the molecule is OCCCOCCc1csc2ccccc12. The van der Waals surface area contributed by atoms with Crippen LogP contribution in [0.25, 0.3) is 10.1 Å². The minimum absolute atomic E-state index is 0.210. The zero-order chi connectivity index (χ0) is 11.2. The van der Waals surface area contributed by atoms with Crippen molar-refractivity contribution >= 4 is 21.4 Å². The summed E-state index contributed by atoms with van der Waals surface area (Å²) in [4.78, 5) is 0. The van der Waals surface area contributed by atoms with Gasteiger partial charge in [-0.15, -0.1) is 11.3 Å². The fourth-order valence-electron chi connectivity index (χ4n) is 1.68. The molecule has 0 unspecified atom stereocenters. The molecule has 0 atom stereocenters. The van der Waals surface area contributed by atoms with Gasteiger partial charge in [0.15, 0.2) is 0 Å². The molecule has 16 heavy (non-hydrogen) atoms. The summed E-state index contributed by atoms with van der Waals surface area (Å²) in [6.07, 6.45) is 1.68. The van der Waals surface area contributed by atoms with E-state index in [1.165, 1.54) is 15.6 Å². The second-order valence-corrected chi connectivity index (χ2v) is 4.61. The molecule has 0 fully saturated rings. The van der Waals surface area contributed by atoms with Gasteiger partial charge in [-0.2, -0.15) is 0 Å². The van der Waals surface area contributed by atoms with Crippen molar-refractivity contribution in [3.63, 3.8) is 0 Å². The Bertz CT molecular complexity index is 436. The van der Waals surface area contributed by atoms with E-state index < -0.39 is 0 Å². The summed E-state index contributed by atoms with van der Waals surface area (Å²) in [6, 6.07) is 8.45. The van der Waals surface area contributed by atoms with Gasteiger partial charge in [0.05, 0.1) is 6.61 Å². The van der Waals surface area contributed by atoms with E-state index in [2.05, 4.69) is 29.6 Å². The fourth-order valence-corrected chi connectivity index (χ4v) is 2.67. The van der Waals surface area contributed by atoms with Crippen LogP contribution < -0.4 is 0 Å². The Morgan fingerprint density at radius 1 is 1.19 bits per heavy atom. The quantitative estimate of drug-likeness (QED) is 0.781. The minimum Gasteiger partial charge on any atom is -0.396 e. The molecule has 0 bridgehead atoms. The van der Waals surface area contributed by atoms with Gasteiger partial charge in [0.25, 0.3) is 0 Å². The Morgan fingerprint density at radius 3 is 2.94 bits per heavy atom. The average molecular weight is 236 g/mol. The molecular formula is C13H16O2S. The number of thiophene rings is 1. The highest BCUT2D eigenvalue weighted by atomic mass is 32.1. The Labute approximate surface area is 99.5 Å². The summed E-state index contributed by atoms with van der Waals surface area (Å²) in [5, 5.41) is 12.2. The normalized spacial score (nSPS) is 11.1. The number of aliphatic hydroxyl groups is 1. The van der Waals surface area contributed by atoms with Crippen LogP contribution in [-0.2, 0) is 11.2 Å². The number of fused-ring (bicyclic) bond motifs is 1. The summed E-state index contributed by atoms with van der Waals surface area (Å²) in [6.45, 7) is 1.60. The van der Waals surface area contributed by atoms with Crippen LogP contribution >= 0.6 is 11.3 Å². The number of aliphatic hydroxyl groups excluding tert-OH is 1. The van der Waals surface area contributed by atoms with Crippen molar-refractivity contribution < 1.29 is 9.84 Å². The van der Waals surface area contributed by atoms with Gasteiger partial charge in [-0.05, 0) is 35.2 Å². The van der Waals surface area contributed by atoms with Crippen LogP contribution in [0.2, 0.25) is 0 Å². The van der Waals surface area contributed by atoms with Gasteiger partial charge in [-0.1, -0.05) is 18.2 Å². The van der Waals surface area contributed by atoms with Gasteiger partial charge < -0.3 is 9.84 Å². The highest BCUT2D eigenvalue weighted by Crippen LogP contribution is 2.25. The first-order valence-electron chi connectivity index (χ1n) is 5.55. The largest absolute Gasteiger partial charge is 0.396 e. The van der Waals surface area contributed by atoms with Gasteiger partial charge in [-0.25, -0.2) is 0 Å². The van der Waals surface area contributed by atoms with Crippen molar-refractivity contribution in [2.75, 3.05) is 19.8 Å². The van der Waals surface area contributed by atoms with Crippen molar-refractivity contribution in [3.8, 4) is 0 Å².